The Morgan fingerprint density at radius 3 is 2.83 bits per heavy atom. The zero-order chi connectivity index (χ0) is 16.6. The molecular formula is C17H21N3O3. The Balaban J connectivity index is 1.77. The van der Waals surface area contributed by atoms with Crippen LogP contribution in [0.5, 0.6) is 0 Å². The average molecular weight is 315 g/mol. The number of nitrogens with one attached hydrogen (secondary N) is 3. The number of aromatic amines is 1. The molecule has 2 aromatic rings. The highest BCUT2D eigenvalue weighted by molar-refractivity contribution is 6.06. The van der Waals surface area contributed by atoms with Gasteiger partial charge in [0.15, 0.2) is 0 Å². The van der Waals surface area contributed by atoms with Gasteiger partial charge in [0.25, 0.3) is 5.91 Å². The summed E-state index contributed by atoms with van der Waals surface area (Å²) in [6.45, 7) is 4.60. The summed E-state index contributed by atoms with van der Waals surface area (Å²) in [5, 5.41) is 7.13. The van der Waals surface area contributed by atoms with E-state index in [2.05, 4.69) is 15.6 Å². The van der Waals surface area contributed by atoms with E-state index in [0.717, 1.165) is 22.2 Å². The lowest BCUT2D eigenvalue weighted by Crippen LogP contribution is -2.36. The Kier molecular flexibility index (Phi) is 4.09. The van der Waals surface area contributed by atoms with Crippen molar-refractivity contribution in [2.45, 2.75) is 32.4 Å². The van der Waals surface area contributed by atoms with Crippen molar-refractivity contribution in [3.05, 3.63) is 35.0 Å². The fourth-order valence-corrected chi connectivity index (χ4v) is 3.10. The standard InChI is InChI=1S/C17H21N3O3/c1-9-10(2)19-15-12(9)5-4-6-13(15)16(21)20-11-7-14(18-8-11)17(22)23-3/h4-6,11,14,18-19H,7-8H2,1-3H3,(H,20,21)/t11-,14-/m0/s1. The fraction of sp³-hybridized carbons (Fsp3) is 0.412. The van der Waals surface area contributed by atoms with E-state index in [-0.39, 0.29) is 24.0 Å². The summed E-state index contributed by atoms with van der Waals surface area (Å²) in [7, 11) is 1.37. The molecule has 1 saturated heterocycles. The topological polar surface area (TPSA) is 83.2 Å². The van der Waals surface area contributed by atoms with Gasteiger partial charge in [-0.05, 0) is 31.9 Å². The van der Waals surface area contributed by atoms with Crippen molar-refractivity contribution in [1.82, 2.24) is 15.6 Å². The van der Waals surface area contributed by atoms with Crippen LogP contribution in [0.2, 0.25) is 0 Å². The molecule has 2 heterocycles. The molecule has 1 fully saturated rings. The Bertz CT molecular complexity index is 766. The van der Waals surface area contributed by atoms with Crippen LogP contribution in [-0.4, -0.2) is 42.6 Å². The van der Waals surface area contributed by atoms with Crippen molar-refractivity contribution in [2.75, 3.05) is 13.7 Å². The molecule has 0 unspecified atom stereocenters. The number of rotatable bonds is 3. The van der Waals surface area contributed by atoms with E-state index in [1.54, 1.807) is 0 Å². The first-order valence-electron chi connectivity index (χ1n) is 7.71. The van der Waals surface area contributed by atoms with Gasteiger partial charge < -0.3 is 20.4 Å². The van der Waals surface area contributed by atoms with Crippen molar-refractivity contribution in [3.63, 3.8) is 0 Å². The minimum absolute atomic E-state index is 0.0842. The Labute approximate surface area is 134 Å². The van der Waals surface area contributed by atoms with Crippen LogP contribution in [0.4, 0.5) is 0 Å². The molecule has 23 heavy (non-hydrogen) atoms. The van der Waals surface area contributed by atoms with Gasteiger partial charge in [-0.3, -0.25) is 9.59 Å². The van der Waals surface area contributed by atoms with Crippen LogP contribution in [0.25, 0.3) is 10.9 Å². The maximum atomic E-state index is 12.6. The van der Waals surface area contributed by atoms with Crippen molar-refractivity contribution >= 4 is 22.8 Å². The lowest BCUT2D eigenvalue weighted by Gasteiger charge is -2.12. The van der Waals surface area contributed by atoms with E-state index in [1.165, 1.54) is 7.11 Å². The zero-order valence-corrected chi connectivity index (χ0v) is 13.5. The second kappa shape index (κ2) is 6.04. The summed E-state index contributed by atoms with van der Waals surface area (Å²) in [4.78, 5) is 27.4. The Hall–Kier alpha value is -2.34. The first-order chi connectivity index (χ1) is 11.0. The van der Waals surface area contributed by atoms with Crippen molar-refractivity contribution in [2.24, 2.45) is 0 Å². The number of methoxy groups -OCH3 is 1. The Morgan fingerprint density at radius 1 is 1.30 bits per heavy atom. The second-order valence-corrected chi connectivity index (χ2v) is 5.99. The van der Waals surface area contributed by atoms with E-state index >= 15 is 0 Å². The van der Waals surface area contributed by atoms with Gasteiger partial charge in [-0.1, -0.05) is 12.1 Å². The molecule has 1 aliphatic heterocycles. The number of aromatic nitrogens is 1. The van der Waals surface area contributed by atoms with E-state index in [9.17, 15) is 9.59 Å². The van der Waals surface area contributed by atoms with Gasteiger partial charge in [0.2, 0.25) is 0 Å². The van der Waals surface area contributed by atoms with Crippen LogP contribution in [0.1, 0.15) is 28.0 Å². The van der Waals surface area contributed by atoms with Gasteiger partial charge in [-0.25, -0.2) is 0 Å². The summed E-state index contributed by atoms with van der Waals surface area (Å²) < 4.78 is 4.73. The molecule has 0 spiro atoms. The minimum atomic E-state index is -0.351. The summed E-state index contributed by atoms with van der Waals surface area (Å²) in [5.41, 5.74) is 3.70. The number of fused-ring (bicyclic) bond motifs is 1. The molecule has 6 heteroatoms. The Morgan fingerprint density at radius 2 is 2.09 bits per heavy atom. The van der Waals surface area contributed by atoms with E-state index in [1.807, 2.05) is 32.0 Å². The molecule has 6 nitrogen and oxygen atoms in total. The summed E-state index contributed by atoms with van der Waals surface area (Å²) in [5.74, 6) is -0.423. The summed E-state index contributed by atoms with van der Waals surface area (Å²) >= 11 is 0. The van der Waals surface area contributed by atoms with Gasteiger partial charge in [0.05, 0.1) is 18.2 Å². The van der Waals surface area contributed by atoms with Crippen molar-refractivity contribution in [3.8, 4) is 0 Å². The summed E-state index contributed by atoms with van der Waals surface area (Å²) in [6, 6.07) is 5.28. The molecular weight excluding hydrogens is 294 g/mol. The lowest BCUT2D eigenvalue weighted by atomic mass is 10.1. The lowest BCUT2D eigenvalue weighted by molar-refractivity contribution is -0.142. The number of carbonyl (C=O) groups is 2. The number of carbonyl (C=O) groups excluding carboxylic acids is 2. The molecule has 0 radical (unpaired) electrons. The first kappa shape index (κ1) is 15.6. The minimum Gasteiger partial charge on any atom is -0.468 e. The van der Waals surface area contributed by atoms with E-state index < -0.39 is 0 Å². The number of amides is 1. The number of aryl methyl sites for hydroxylation is 2. The zero-order valence-electron chi connectivity index (χ0n) is 13.5. The molecule has 3 rings (SSSR count). The third-order valence-corrected chi connectivity index (χ3v) is 4.54. The number of ether oxygens (including phenoxy) is 1. The number of benzene rings is 1. The molecule has 0 bridgehead atoms. The first-order valence-corrected chi connectivity index (χ1v) is 7.71. The van der Waals surface area contributed by atoms with Crippen LogP contribution in [-0.2, 0) is 9.53 Å². The van der Waals surface area contributed by atoms with Gasteiger partial charge in [-0.15, -0.1) is 0 Å². The molecule has 1 amide bonds. The monoisotopic (exact) mass is 315 g/mol. The van der Waals surface area contributed by atoms with Crippen molar-refractivity contribution in [1.29, 1.82) is 0 Å². The molecule has 1 aromatic carbocycles. The van der Waals surface area contributed by atoms with E-state index in [4.69, 9.17) is 4.74 Å². The van der Waals surface area contributed by atoms with Crippen LogP contribution in [0.3, 0.4) is 0 Å². The predicted octanol–water partition coefficient (Wildman–Crippen LogP) is 1.42. The number of hydrogen-bond donors (Lipinski definition) is 3. The predicted molar refractivity (Wildman–Crippen MR) is 87.5 cm³/mol. The van der Waals surface area contributed by atoms with Gasteiger partial charge >= 0.3 is 5.97 Å². The quantitative estimate of drug-likeness (QED) is 0.748. The smallest absolute Gasteiger partial charge is 0.322 e. The van der Waals surface area contributed by atoms with Crippen LogP contribution in [0.15, 0.2) is 18.2 Å². The molecule has 0 aliphatic carbocycles. The average Bonchev–Trinajstić information content (AvgIpc) is 3.12. The number of para-hydroxylation sites is 1. The van der Waals surface area contributed by atoms with Crippen molar-refractivity contribution < 1.29 is 14.3 Å². The van der Waals surface area contributed by atoms with Crippen LogP contribution in [0, 0.1) is 13.8 Å². The third kappa shape index (κ3) is 2.82. The highest BCUT2D eigenvalue weighted by atomic mass is 16.5. The molecule has 0 saturated carbocycles. The van der Waals surface area contributed by atoms with Crippen LogP contribution < -0.4 is 10.6 Å². The molecule has 2 atom stereocenters. The van der Waals surface area contributed by atoms with Crippen LogP contribution >= 0.6 is 0 Å². The largest absolute Gasteiger partial charge is 0.468 e. The molecule has 1 aromatic heterocycles. The second-order valence-electron chi connectivity index (χ2n) is 5.99. The fourth-order valence-electron chi connectivity index (χ4n) is 3.10. The normalized spacial score (nSPS) is 20.7. The highest BCUT2D eigenvalue weighted by Crippen LogP contribution is 2.24. The van der Waals surface area contributed by atoms with Gasteiger partial charge in [0, 0.05) is 23.7 Å². The SMILES string of the molecule is COC(=O)[C@@H]1C[C@H](NC(=O)c2cccc3c(C)c(C)[nH]c23)CN1. The third-order valence-electron chi connectivity index (χ3n) is 4.54. The maximum absolute atomic E-state index is 12.6. The highest BCUT2D eigenvalue weighted by Gasteiger charge is 2.31. The van der Waals surface area contributed by atoms with Gasteiger partial charge in [0.1, 0.15) is 6.04 Å². The molecule has 1 aliphatic rings. The summed E-state index contributed by atoms with van der Waals surface area (Å²) in [6.07, 6.45) is 0.539. The maximum Gasteiger partial charge on any atom is 0.322 e. The molecule has 3 N–H and O–H groups in total. The number of esters is 1. The van der Waals surface area contributed by atoms with Gasteiger partial charge in [-0.2, -0.15) is 0 Å². The molecule has 122 valence electrons. The number of H-pyrrole nitrogens is 1. The number of hydrogen-bond acceptors (Lipinski definition) is 4. The van der Waals surface area contributed by atoms with E-state index in [0.29, 0.717) is 18.5 Å².